The van der Waals surface area contributed by atoms with Crippen molar-refractivity contribution in [2.24, 2.45) is 11.3 Å². The lowest BCUT2D eigenvalue weighted by Gasteiger charge is -2.31. The Morgan fingerprint density at radius 3 is 2.10 bits per heavy atom. The monoisotopic (exact) mass is 306 g/mol. The van der Waals surface area contributed by atoms with E-state index in [2.05, 4.69) is 32.9 Å². The zero-order chi connectivity index (χ0) is 15.9. The predicted octanol–water partition coefficient (Wildman–Crippen LogP) is 4.11. The number of ketones is 1. The maximum atomic E-state index is 13.2. The van der Waals surface area contributed by atoms with Crippen molar-refractivity contribution < 1.29 is 9.00 Å². The molecule has 1 aromatic rings. The van der Waals surface area contributed by atoms with Crippen LogP contribution in [0.15, 0.2) is 17.0 Å². The van der Waals surface area contributed by atoms with Crippen molar-refractivity contribution in [2.75, 3.05) is 0 Å². The van der Waals surface area contributed by atoms with E-state index in [4.69, 9.17) is 0 Å². The molecule has 0 N–H and O–H groups in total. The quantitative estimate of drug-likeness (QED) is 0.824. The average molecular weight is 306 g/mol. The summed E-state index contributed by atoms with van der Waals surface area (Å²) in [4.78, 5) is 13.2. The van der Waals surface area contributed by atoms with Gasteiger partial charge in [0, 0.05) is 11.3 Å². The van der Waals surface area contributed by atoms with Gasteiger partial charge in [0.15, 0.2) is 0 Å². The molecule has 1 aliphatic rings. The third-order valence-corrected chi connectivity index (χ3v) is 6.63. The van der Waals surface area contributed by atoms with Crippen LogP contribution in [0.4, 0.5) is 0 Å². The van der Waals surface area contributed by atoms with E-state index in [9.17, 15) is 9.00 Å². The molecule has 1 aromatic carbocycles. The largest absolute Gasteiger partial charge is 0.298 e. The summed E-state index contributed by atoms with van der Waals surface area (Å²) >= 11 is 0. The lowest BCUT2D eigenvalue weighted by Crippen LogP contribution is -2.35. The molecule has 0 unspecified atom stereocenters. The fourth-order valence-corrected chi connectivity index (χ4v) is 5.79. The second-order valence-corrected chi connectivity index (χ2v) is 8.93. The highest BCUT2D eigenvalue weighted by Crippen LogP contribution is 2.42. The summed E-state index contributed by atoms with van der Waals surface area (Å²) in [5.41, 5.74) is 3.27. The topological polar surface area (TPSA) is 34.1 Å². The van der Waals surface area contributed by atoms with Gasteiger partial charge in [0.1, 0.15) is 11.0 Å². The van der Waals surface area contributed by atoms with Crippen LogP contribution in [-0.4, -0.2) is 15.2 Å². The summed E-state index contributed by atoms with van der Waals surface area (Å²) in [5.74, 6) is 0.374. The first-order chi connectivity index (χ1) is 9.62. The number of hydrogen-bond acceptors (Lipinski definition) is 2. The van der Waals surface area contributed by atoms with Crippen LogP contribution >= 0.6 is 0 Å². The Hall–Kier alpha value is -0.960. The van der Waals surface area contributed by atoms with Crippen molar-refractivity contribution in [1.29, 1.82) is 0 Å². The van der Waals surface area contributed by atoms with Crippen LogP contribution < -0.4 is 0 Å². The fraction of sp³-hybridized carbons (Fsp3) is 0.611. The SMILES string of the molecule is Cc1cc(C)c([S@](=O)[C@H]2C(=O)CC[C@@H]2C(C)(C)C)c(C)c1. The summed E-state index contributed by atoms with van der Waals surface area (Å²) in [5, 5.41) is -0.342. The molecule has 0 spiro atoms. The van der Waals surface area contributed by atoms with E-state index in [1.165, 1.54) is 5.56 Å². The number of hydrogen-bond donors (Lipinski definition) is 0. The Morgan fingerprint density at radius 2 is 1.62 bits per heavy atom. The first-order valence-electron chi connectivity index (χ1n) is 7.64. The fourth-order valence-electron chi connectivity index (χ4n) is 3.58. The summed E-state index contributed by atoms with van der Waals surface area (Å²) < 4.78 is 13.2. The van der Waals surface area contributed by atoms with Crippen molar-refractivity contribution >= 4 is 16.6 Å². The Balaban J connectivity index is 2.46. The Bertz CT molecular complexity index is 573. The molecule has 3 atom stereocenters. The molecule has 3 heteroatoms. The molecule has 0 saturated heterocycles. The minimum Gasteiger partial charge on any atom is -0.298 e. The molecule has 2 rings (SSSR count). The molecule has 0 radical (unpaired) electrons. The van der Waals surface area contributed by atoms with Crippen LogP contribution in [-0.2, 0) is 15.6 Å². The second kappa shape index (κ2) is 5.68. The number of rotatable bonds is 2. The van der Waals surface area contributed by atoms with E-state index in [-0.39, 0.29) is 22.4 Å². The van der Waals surface area contributed by atoms with Gasteiger partial charge in [-0.3, -0.25) is 9.00 Å². The maximum absolute atomic E-state index is 13.2. The third-order valence-electron chi connectivity index (χ3n) is 4.53. The van der Waals surface area contributed by atoms with E-state index in [0.717, 1.165) is 22.4 Å². The highest BCUT2D eigenvalue weighted by atomic mass is 32.2. The summed E-state index contributed by atoms with van der Waals surface area (Å²) in [6.45, 7) is 12.5. The summed E-state index contributed by atoms with van der Waals surface area (Å²) in [7, 11) is -1.25. The van der Waals surface area contributed by atoms with Crippen LogP contribution in [0.1, 0.15) is 50.3 Å². The molecular formula is C18H26O2S. The van der Waals surface area contributed by atoms with Crippen molar-refractivity contribution in [3.63, 3.8) is 0 Å². The molecule has 1 saturated carbocycles. The zero-order valence-electron chi connectivity index (χ0n) is 13.9. The molecule has 1 aliphatic carbocycles. The molecule has 1 fully saturated rings. The molecule has 21 heavy (non-hydrogen) atoms. The van der Waals surface area contributed by atoms with Crippen molar-refractivity contribution in [3.8, 4) is 0 Å². The Labute approximate surface area is 130 Å². The van der Waals surface area contributed by atoms with Crippen LogP contribution in [0, 0.1) is 32.1 Å². The number of benzene rings is 1. The highest BCUT2D eigenvalue weighted by molar-refractivity contribution is 7.86. The van der Waals surface area contributed by atoms with Crippen LogP contribution in [0.2, 0.25) is 0 Å². The lowest BCUT2D eigenvalue weighted by molar-refractivity contribution is -0.117. The van der Waals surface area contributed by atoms with Crippen molar-refractivity contribution in [2.45, 2.75) is 64.5 Å². The van der Waals surface area contributed by atoms with Crippen molar-refractivity contribution in [1.82, 2.24) is 0 Å². The van der Waals surface area contributed by atoms with E-state index in [1.54, 1.807) is 0 Å². The zero-order valence-corrected chi connectivity index (χ0v) is 14.8. The molecule has 116 valence electrons. The van der Waals surface area contributed by atoms with Gasteiger partial charge in [0.05, 0.1) is 10.8 Å². The van der Waals surface area contributed by atoms with Gasteiger partial charge in [-0.15, -0.1) is 0 Å². The van der Waals surface area contributed by atoms with E-state index >= 15 is 0 Å². The van der Waals surface area contributed by atoms with Gasteiger partial charge in [0.2, 0.25) is 0 Å². The van der Waals surface area contributed by atoms with E-state index < -0.39 is 10.8 Å². The first-order valence-corrected chi connectivity index (χ1v) is 8.85. The number of carbonyl (C=O) groups excluding carboxylic acids is 1. The van der Waals surface area contributed by atoms with Crippen LogP contribution in [0.5, 0.6) is 0 Å². The highest BCUT2D eigenvalue weighted by Gasteiger charge is 2.45. The van der Waals surface area contributed by atoms with Crippen molar-refractivity contribution in [3.05, 3.63) is 28.8 Å². The van der Waals surface area contributed by atoms with Crippen LogP contribution in [0.25, 0.3) is 0 Å². The molecule has 0 amide bonds. The minimum absolute atomic E-state index is 0.0129. The molecular weight excluding hydrogens is 280 g/mol. The maximum Gasteiger partial charge on any atom is 0.149 e. The van der Waals surface area contributed by atoms with Gasteiger partial charge in [-0.2, -0.15) is 0 Å². The molecule has 0 aromatic heterocycles. The Morgan fingerprint density at radius 1 is 1.10 bits per heavy atom. The normalized spacial score (nSPS) is 24.4. The Kier molecular flexibility index (Phi) is 4.44. The first kappa shape index (κ1) is 16.4. The lowest BCUT2D eigenvalue weighted by atomic mass is 9.79. The molecule has 2 nitrogen and oxygen atoms in total. The predicted molar refractivity (Wildman–Crippen MR) is 88.0 cm³/mol. The van der Waals surface area contributed by atoms with E-state index in [0.29, 0.717) is 6.42 Å². The van der Waals surface area contributed by atoms with Gasteiger partial charge < -0.3 is 0 Å². The number of carbonyl (C=O) groups is 1. The second-order valence-electron chi connectivity index (χ2n) is 7.42. The van der Waals surface area contributed by atoms with Gasteiger partial charge >= 0.3 is 0 Å². The standard InChI is InChI=1S/C18H26O2S/c1-11-9-12(2)16(13(3)10-11)21(20)17-14(18(4,5)6)7-8-15(17)19/h9-10,14,17H,7-8H2,1-6H3/t14-,17+,21-/m0/s1. The third kappa shape index (κ3) is 3.13. The smallest absolute Gasteiger partial charge is 0.149 e. The van der Waals surface area contributed by atoms with Gasteiger partial charge in [-0.05, 0) is 49.7 Å². The molecule has 0 bridgehead atoms. The molecule has 0 aliphatic heterocycles. The summed E-state index contributed by atoms with van der Waals surface area (Å²) in [6.07, 6.45) is 1.44. The minimum atomic E-state index is -1.25. The van der Waals surface area contributed by atoms with E-state index in [1.807, 2.05) is 20.8 Å². The summed E-state index contributed by atoms with van der Waals surface area (Å²) in [6, 6.07) is 4.12. The van der Waals surface area contributed by atoms with Gasteiger partial charge in [-0.25, -0.2) is 0 Å². The molecule has 0 heterocycles. The number of aryl methyl sites for hydroxylation is 3. The average Bonchev–Trinajstić information content (AvgIpc) is 2.69. The van der Waals surface area contributed by atoms with Gasteiger partial charge in [0.25, 0.3) is 0 Å². The number of Topliss-reactive ketones (excluding diaryl/α,β-unsaturated/α-hetero) is 1. The van der Waals surface area contributed by atoms with Gasteiger partial charge in [-0.1, -0.05) is 38.5 Å². The van der Waals surface area contributed by atoms with Crippen LogP contribution in [0.3, 0.4) is 0 Å².